The summed E-state index contributed by atoms with van der Waals surface area (Å²) in [5, 5.41) is 0. The largest absolute Gasteiger partial charge is 0.326 e. The van der Waals surface area contributed by atoms with Gasteiger partial charge in [-0.25, -0.2) is 0 Å². The highest BCUT2D eigenvalue weighted by atomic mass is 35.5. The average Bonchev–Trinajstić information content (AvgIpc) is 2.05. The van der Waals surface area contributed by atoms with Gasteiger partial charge in [0.25, 0.3) is 0 Å². The van der Waals surface area contributed by atoms with Gasteiger partial charge in [0, 0.05) is 11.8 Å². The van der Waals surface area contributed by atoms with Crippen LogP contribution in [0.1, 0.15) is 0 Å². The van der Waals surface area contributed by atoms with E-state index in [0.717, 1.165) is 0 Å². The van der Waals surface area contributed by atoms with E-state index in [1.807, 2.05) is 0 Å². The van der Waals surface area contributed by atoms with Crippen molar-refractivity contribution >= 4 is 28.8 Å². The van der Waals surface area contributed by atoms with Gasteiger partial charge in [0.05, 0.1) is 5.69 Å². The molecule has 0 saturated carbocycles. The molecule has 0 spiro atoms. The molecule has 1 atom stereocenters. The molecule has 12 heavy (non-hydrogen) atoms. The number of benzene rings is 1. The molecule has 0 aliphatic carbocycles. The van der Waals surface area contributed by atoms with Gasteiger partial charge in [-0.1, -0.05) is 18.2 Å². The minimum Gasteiger partial charge on any atom is -0.282 e. The zero-order chi connectivity index (χ0) is 8.97. The van der Waals surface area contributed by atoms with E-state index in [9.17, 15) is 4.21 Å². The van der Waals surface area contributed by atoms with Crippen LogP contribution in [-0.2, 0) is 15.6 Å². The predicted molar refractivity (Wildman–Crippen MR) is 46.6 cm³/mol. The summed E-state index contributed by atoms with van der Waals surface area (Å²) in [5.74, 6) is 0. The second-order valence-electron chi connectivity index (χ2n) is 1.87. The number of halogens is 1. The Morgan fingerprint density at radius 3 is 2.50 bits per heavy atom. The molecule has 6 heteroatoms. The summed E-state index contributed by atoms with van der Waals surface area (Å²) in [4.78, 5) is 0. The van der Waals surface area contributed by atoms with Crippen molar-refractivity contribution in [1.82, 2.24) is 0 Å². The molecule has 1 rings (SSSR count). The maximum absolute atomic E-state index is 10.1. The van der Waals surface area contributed by atoms with E-state index in [0.29, 0.717) is 10.3 Å². The third-order valence-electron chi connectivity index (χ3n) is 1.09. The molecular weight excluding hydrogens is 202 g/mol. The lowest BCUT2D eigenvalue weighted by Crippen LogP contribution is -2.12. The standard InChI is InChI=1S/C6H6ClNO3S/c7-8(11-12(9)10)6-4-2-1-3-5-6/h1-5H,(H,9,10). The van der Waals surface area contributed by atoms with Crippen molar-refractivity contribution in [2.45, 2.75) is 0 Å². The molecule has 0 aliphatic heterocycles. The second kappa shape index (κ2) is 4.42. The van der Waals surface area contributed by atoms with E-state index in [1.165, 1.54) is 0 Å². The van der Waals surface area contributed by atoms with Crippen molar-refractivity contribution in [2.24, 2.45) is 0 Å². The first-order valence-corrected chi connectivity index (χ1v) is 4.37. The molecule has 0 aliphatic rings. The van der Waals surface area contributed by atoms with Crippen molar-refractivity contribution in [2.75, 3.05) is 4.58 Å². The van der Waals surface area contributed by atoms with Crippen molar-refractivity contribution in [3.05, 3.63) is 30.3 Å². The molecule has 1 aromatic rings. The van der Waals surface area contributed by atoms with E-state index in [2.05, 4.69) is 4.28 Å². The average molecular weight is 208 g/mol. The van der Waals surface area contributed by atoms with Crippen LogP contribution in [0.25, 0.3) is 0 Å². The Bertz CT molecular complexity index is 269. The van der Waals surface area contributed by atoms with Gasteiger partial charge in [-0.05, 0) is 12.1 Å². The molecule has 0 aromatic heterocycles. The van der Waals surface area contributed by atoms with Gasteiger partial charge in [-0.3, -0.25) is 4.55 Å². The summed E-state index contributed by atoms with van der Waals surface area (Å²) in [6.07, 6.45) is 0. The molecule has 0 radical (unpaired) electrons. The summed E-state index contributed by atoms with van der Waals surface area (Å²) < 4.78 is 23.4. The topological polar surface area (TPSA) is 49.8 Å². The van der Waals surface area contributed by atoms with Gasteiger partial charge in [-0.15, -0.1) is 8.87 Å². The smallest absolute Gasteiger partial charge is 0.282 e. The minimum absolute atomic E-state index is 0.488. The van der Waals surface area contributed by atoms with Crippen LogP contribution in [0.4, 0.5) is 5.69 Å². The number of rotatable bonds is 3. The molecule has 0 fully saturated rings. The van der Waals surface area contributed by atoms with Gasteiger partial charge in [0.1, 0.15) is 0 Å². The summed E-state index contributed by atoms with van der Waals surface area (Å²) in [7, 11) is 0. The Labute approximate surface area is 77.3 Å². The first-order chi connectivity index (χ1) is 5.70. The van der Waals surface area contributed by atoms with Crippen LogP contribution in [0.5, 0.6) is 0 Å². The van der Waals surface area contributed by atoms with E-state index in [1.54, 1.807) is 30.3 Å². The quantitative estimate of drug-likeness (QED) is 0.466. The fourth-order valence-electron chi connectivity index (χ4n) is 0.644. The third-order valence-corrected chi connectivity index (χ3v) is 1.71. The van der Waals surface area contributed by atoms with Crippen molar-refractivity contribution < 1.29 is 13.0 Å². The number of hydrogen-bond acceptors (Lipinski definition) is 3. The third kappa shape index (κ3) is 2.78. The van der Waals surface area contributed by atoms with Gasteiger partial charge in [0.15, 0.2) is 0 Å². The highest BCUT2D eigenvalue weighted by molar-refractivity contribution is 7.74. The van der Waals surface area contributed by atoms with Gasteiger partial charge in [-0.2, -0.15) is 4.21 Å². The van der Waals surface area contributed by atoms with Gasteiger partial charge in [0.2, 0.25) is 0 Å². The normalized spacial score (nSPS) is 12.5. The summed E-state index contributed by atoms with van der Waals surface area (Å²) >= 11 is 3.06. The van der Waals surface area contributed by atoms with Crippen LogP contribution in [-0.4, -0.2) is 8.76 Å². The van der Waals surface area contributed by atoms with Crippen LogP contribution < -0.4 is 4.58 Å². The summed E-state index contributed by atoms with van der Waals surface area (Å²) in [6, 6.07) is 8.53. The number of hydrogen-bond donors (Lipinski definition) is 1. The molecule has 4 nitrogen and oxygen atoms in total. The number of para-hydroxylation sites is 1. The lowest BCUT2D eigenvalue weighted by Gasteiger charge is -2.10. The Kier molecular flexibility index (Phi) is 3.48. The maximum Gasteiger partial charge on any atom is 0.326 e. The molecule has 0 amide bonds. The fraction of sp³-hybridized carbons (Fsp3) is 0. The SMILES string of the molecule is O=S(O)ON(Cl)c1ccccc1. The van der Waals surface area contributed by atoms with E-state index in [-0.39, 0.29) is 0 Å². The van der Waals surface area contributed by atoms with Crippen molar-refractivity contribution in [3.63, 3.8) is 0 Å². The second-order valence-corrected chi connectivity index (χ2v) is 2.76. The lowest BCUT2D eigenvalue weighted by atomic mass is 10.3. The molecule has 1 N–H and O–H groups in total. The summed E-state index contributed by atoms with van der Waals surface area (Å²) in [6.45, 7) is 0. The van der Waals surface area contributed by atoms with E-state index in [4.69, 9.17) is 16.3 Å². The molecule has 1 aromatic carbocycles. The van der Waals surface area contributed by atoms with Crippen LogP contribution in [0.2, 0.25) is 0 Å². The Balaban J connectivity index is 2.65. The van der Waals surface area contributed by atoms with Crippen molar-refractivity contribution in [3.8, 4) is 0 Å². The first-order valence-electron chi connectivity index (χ1n) is 3.00. The molecule has 66 valence electrons. The highest BCUT2D eigenvalue weighted by Crippen LogP contribution is 2.15. The molecule has 0 heterocycles. The van der Waals surface area contributed by atoms with Crippen LogP contribution in [0.3, 0.4) is 0 Å². The van der Waals surface area contributed by atoms with Gasteiger partial charge >= 0.3 is 11.4 Å². The predicted octanol–water partition coefficient (Wildman–Crippen LogP) is 1.72. The fourth-order valence-corrected chi connectivity index (χ4v) is 1.10. The lowest BCUT2D eigenvalue weighted by molar-refractivity contribution is 0.330. The molecule has 0 saturated heterocycles. The maximum atomic E-state index is 10.1. The molecule has 1 unspecified atom stereocenters. The highest BCUT2D eigenvalue weighted by Gasteiger charge is 2.05. The molecular formula is C6H6ClNO3S. The molecule has 0 bridgehead atoms. The number of nitrogens with zero attached hydrogens (tertiary/aromatic N) is 1. The zero-order valence-corrected chi connectivity index (χ0v) is 7.46. The zero-order valence-electron chi connectivity index (χ0n) is 5.88. The first kappa shape index (κ1) is 9.47. The van der Waals surface area contributed by atoms with Crippen LogP contribution in [0.15, 0.2) is 30.3 Å². The minimum atomic E-state index is -2.40. The Hall–Kier alpha value is -0.620. The number of anilines is 1. The Morgan fingerprint density at radius 1 is 1.42 bits per heavy atom. The van der Waals surface area contributed by atoms with Crippen molar-refractivity contribution in [1.29, 1.82) is 0 Å². The van der Waals surface area contributed by atoms with E-state index >= 15 is 0 Å². The van der Waals surface area contributed by atoms with E-state index < -0.39 is 11.4 Å². The monoisotopic (exact) mass is 207 g/mol. The van der Waals surface area contributed by atoms with Crippen LogP contribution in [0, 0.1) is 0 Å². The Morgan fingerprint density at radius 2 is 2.00 bits per heavy atom. The van der Waals surface area contributed by atoms with Crippen LogP contribution >= 0.6 is 11.8 Å². The van der Waals surface area contributed by atoms with Gasteiger partial charge < -0.3 is 0 Å². The summed E-state index contributed by atoms with van der Waals surface area (Å²) in [5.41, 5.74) is 0.488.